The molecule has 2 N–H and O–H groups in total. The highest BCUT2D eigenvalue weighted by Crippen LogP contribution is 2.30. The van der Waals surface area contributed by atoms with Gasteiger partial charge in [-0.15, -0.1) is 5.10 Å². The van der Waals surface area contributed by atoms with E-state index in [1.807, 2.05) is 0 Å². The maximum Gasteiger partial charge on any atom is 0.416 e. The summed E-state index contributed by atoms with van der Waals surface area (Å²) in [5, 5.41) is 14.1. The van der Waals surface area contributed by atoms with E-state index in [-0.39, 0.29) is 23.3 Å². The van der Waals surface area contributed by atoms with Gasteiger partial charge < -0.3 is 10.6 Å². The second kappa shape index (κ2) is 6.39. The van der Waals surface area contributed by atoms with E-state index < -0.39 is 11.7 Å². The minimum atomic E-state index is -4.44. The van der Waals surface area contributed by atoms with Crippen molar-refractivity contribution in [3.05, 3.63) is 41.7 Å². The van der Waals surface area contributed by atoms with Crippen LogP contribution in [0.4, 0.5) is 13.2 Å². The first-order valence-corrected chi connectivity index (χ1v) is 8.55. The molecule has 26 heavy (non-hydrogen) atoms. The van der Waals surface area contributed by atoms with Crippen LogP contribution in [0.5, 0.6) is 0 Å². The topological polar surface area (TPSA) is 71.8 Å². The van der Waals surface area contributed by atoms with Crippen LogP contribution in [0.3, 0.4) is 0 Å². The summed E-state index contributed by atoms with van der Waals surface area (Å²) in [5.74, 6) is -0.352. The summed E-state index contributed by atoms with van der Waals surface area (Å²) in [6.07, 6.45) is 0.922. The number of carbonyl (C=O) groups is 1. The zero-order valence-corrected chi connectivity index (χ0v) is 13.8. The van der Waals surface area contributed by atoms with Gasteiger partial charge in [-0.3, -0.25) is 4.79 Å². The molecule has 2 fully saturated rings. The molecule has 2 saturated heterocycles. The third kappa shape index (κ3) is 3.44. The zero-order valence-electron chi connectivity index (χ0n) is 13.8. The van der Waals surface area contributed by atoms with Crippen molar-refractivity contribution in [1.82, 2.24) is 25.6 Å². The van der Waals surface area contributed by atoms with Crippen LogP contribution in [0, 0.1) is 0 Å². The van der Waals surface area contributed by atoms with Crippen LogP contribution >= 0.6 is 0 Å². The molecule has 6 nitrogen and oxygen atoms in total. The monoisotopic (exact) mass is 365 g/mol. The summed E-state index contributed by atoms with van der Waals surface area (Å²) >= 11 is 0. The third-order valence-electron chi connectivity index (χ3n) is 4.97. The molecule has 138 valence electrons. The number of benzene rings is 1. The van der Waals surface area contributed by atoms with Crippen LogP contribution in [-0.2, 0) is 6.18 Å². The summed E-state index contributed by atoms with van der Waals surface area (Å²) in [4.78, 5) is 12.4. The number of hydrogen-bond acceptors (Lipinski definition) is 4. The molecule has 0 radical (unpaired) electrons. The number of aromatic nitrogens is 3. The first kappa shape index (κ1) is 17.0. The Morgan fingerprint density at radius 1 is 1.23 bits per heavy atom. The van der Waals surface area contributed by atoms with Gasteiger partial charge in [-0.2, -0.15) is 13.2 Å². The van der Waals surface area contributed by atoms with Crippen molar-refractivity contribution in [3.8, 4) is 5.69 Å². The molecule has 2 bridgehead atoms. The molecular formula is C17H18F3N5O. The standard InChI is InChI=1S/C17H18F3N5O/c18-17(19,20)10-2-1-3-14(6-10)25-9-15(23-24-25)16(26)22-13-7-11-4-5-12(8-13)21-11/h1-3,6,9,11-13,21H,4-5,7-8H2,(H,22,26). The summed E-state index contributed by atoms with van der Waals surface area (Å²) in [5.41, 5.74) is -0.485. The molecule has 2 aliphatic rings. The van der Waals surface area contributed by atoms with Gasteiger partial charge in [-0.1, -0.05) is 11.3 Å². The molecule has 2 unspecified atom stereocenters. The van der Waals surface area contributed by atoms with Gasteiger partial charge in [0.05, 0.1) is 17.4 Å². The lowest BCUT2D eigenvalue weighted by molar-refractivity contribution is -0.137. The second-order valence-corrected chi connectivity index (χ2v) is 6.88. The Labute approximate surface area is 147 Å². The highest BCUT2D eigenvalue weighted by molar-refractivity contribution is 5.92. The SMILES string of the molecule is O=C(NC1CC2CCC(C1)N2)c1cn(-c2cccc(C(F)(F)F)c2)nn1. The molecule has 2 atom stereocenters. The highest BCUT2D eigenvalue weighted by Gasteiger charge is 2.34. The molecule has 2 aromatic rings. The van der Waals surface area contributed by atoms with Crippen LogP contribution in [0.25, 0.3) is 5.69 Å². The summed E-state index contributed by atoms with van der Waals surface area (Å²) in [6, 6.07) is 5.71. The Kier molecular flexibility index (Phi) is 4.18. The fraction of sp³-hybridized carbons (Fsp3) is 0.471. The summed E-state index contributed by atoms with van der Waals surface area (Å²) in [6.45, 7) is 0. The van der Waals surface area contributed by atoms with Gasteiger partial charge in [0, 0.05) is 18.1 Å². The number of alkyl halides is 3. The van der Waals surface area contributed by atoms with E-state index in [2.05, 4.69) is 20.9 Å². The molecule has 0 spiro atoms. The van der Waals surface area contributed by atoms with Crippen molar-refractivity contribution < 1.29 is 18.0 Å². The van der Waals surface area contributed by atoms with Crippen molar-refractivity contribution in [2.45, 2.75) is 50.0 Å². The molecule has 0 aliphatic carbocycles. The number of rotatable bonds is 3. The highest BCUT2D eigenvalue weighted by atomic mass is 19.4. The van der Waals surface area contributed by atoms with Crippen LogP contribution in [0.2, 0.25) is 0 Å². The van der Waals surface area contributed by atoms with Gasteiger partial charge in [0.2, 0.25) is 0 Å². The summed E-state index contributed by atoms with van der Waals surface area (Å²) < 4.78 is 39.7. The Morgan fingerprint density at radius 3 is 2.65 bits per heavy atom. The molecule has 9 heteroatoms. The van der Waals surface area contributed by atoms with Crippen molar-refractivity contribution in [1.29, 1.82) is 0 Å². The van der Waals surface area contributed by atoms with E-state index in [0.29, 0.717) is 12.1 Å². The van der Waals surface area contributed by atoms with E-state index in [1.54, 1.807) is 0 Å². The van der Waals surface area contributed by atoms with E-state index in [1.165, 1.54) is 23.0 Å². The normalized spacial score (nSPS) is 25.3. The van der Waals surface area contributed by atoms with E-state index in [4.69, 9.17) is 0 Å². The number of amides is 1. The minimum Gasteiger partial charge on any atom is -0.348 e. The molecule has 4 rings (SSSR count). The number of piperidine rings is 1. The Hall–Kier alpha value is -2.42. The van der Waals surface area contributed by atoms with Gasteiger partial charge in [0.15, 0.2) is 5.69 Å². The number of carbonyl (C=O) groups excluding carboxylic acids is 1. The maximum atomic E-state index is 12.8. The first-order valence-electron chi connectivity index (χ1n) is 8.55. The summed E-state index contributed by atoms with van der Waals surface area (Å²) in [7, 11) is 0. The molecule has 0 saturated carbocycles. The smallest absolute Gasteiger partial charge is 0.348 e. The van der Waals surface area contributed by atoms with Gasteiger partial charge in [-0.05, 0) is 43.9 Å². The maximum absolute atomic E-state index is 12.8. The van der Waals surface area contributed by atoms with Gasteiger partial charge in [-0.25, -0.2) is 4.68 Å². The van der Waals surface area contributed by atoms with Crippen molar-refractivity contribution >= 4 is 5.91 Å². The van der Waals surface area contributed by atoms with Gasteiger partial charge in [0.25, 0.3) is 5.91 Å². The predicted molar refractivity (Wildman–Crippen MR) is 86.8 cm³/mol. The number of halogens is 3. The van der Waals surface area contributed by atoms with Crippen LogP contribution in [-0.4, -0.2) is 39.0 Å². The number of fused-ring (bicyclic) bond motifs is 2. The lowest BCUT2D eigenvalue weighted by atomic mass is 10.00. The van der Waals surface area contributed by atoms with E-state index in [9.17, 15) is 18.0 Å². The second-order valence-electron chi connectivity index (χ2n) is 6.88. The average molecular weight is 365 g/mol. The zero-order chi connectivity index (χ0) is 18.3. The first-order chi connectivity index (χ1) is 12.4. The molecular weight excluding hydrogens is 347 g/mol. The van der Waals surface area contributed by atoms with Gasteiger partial charge in [0.1, 0.15) is 0 Å². The number of nitrogens with one attached hydrogen (secondary N) is 2. The van der Waals surface area contributed by atoms with Crippen molar-refractivity contribution in [2.24, 2.45) is 0 Å². The Bertz CT molecular complexity index is 807. The number of nitrogens with zero attached hydrogens (tertiary/aromatic N) is 3. The van der Waals surface area contributed by atoms with Crippen LogP contribution in [0.15, 0.2) is 30.5 Å². The molecule has 1 aromatic carbocycles. The Balaban J connectivity index is 1.47. The molecule has 1 amide bonds. The minimum absolute atomic E-state index is 0.0833. The van der Waals surface area contributed by atoms with Crippen molar-refractivity contribution in [2.75, 3.05) is 0 Å². The fourth-order valence-electron chi connectivity index (χ4n) is 3.75. The third-order valence-corrected chi connectivity index (χ3v) is 4.97. The lowest BCUT2D eigenvalue weighted by Gasteiger charge is -2.29. The van der Waals surface area contributed by atoms with Crippen LogP contribution in [0.1, 0.15) is 41.7 Å². The quantitative estimate of drug-likeness (QED) is 0.876. The van der Waals surface area contributed by atoms with Crippen LogP contribution < -0.4 is 10.6 Å². The molecule has 2 aliphatic heterocycles. The largest absolute Gasteiger partial charge is 0.416 e. The predicted octanol–water partition coefficient (Wildman–Crippen LogP) is 2.30. The average Bonchev–Trinajstić information content (AvgIpc) is 3.21. The van der Waals surface area contributed by atoms with E-state index in [0.717, 1.165) is 37.8 Å². The van der Waals surface area contributed by atoms with Gasteiger partial charge >= 0.3 is 6.18 Å². The molecule has 1 aromatic heterocycles. The molecule has 3 heterocycles. The fourth-order valence-corrected chi connectivity index (χ4v) is 3.75. The van der Waals surface area contributed by atoms with E-state index >= 15 is 0 Å². The number of hydrogen-bond donors (Lipinski definition) is 2. The lowest BCUT2D eigenvalue weighted by Crippen LogP contribution is -2.48. The Morgan fingerprint density at radius 2 is 1.96 bits per heavy atom. The van der Waals surface area contributed by atoms with Crippen molar-refractivity contribution in [3.63, 3.8) is 0 Å².